The minimum absolute atomic E-state index is 0.504. The summed E-state index contributed by atoms with van der Waals surface area (Å²) in [5.74, 6) is 0.860. The summed E-state index contributed by atoms with van der Waals surface area (Å²) in [7, 11) is 0. The third-order valence-electron chi connectivity index (χ3n) is 3.82. The minimum atomic E-state index is 0.504. The van der Waals surface area contributed by atoms with Gasteiger partial charge in [-0.25, -0.2) is 9.97 Å². The molecule has 1 saturated heterocycles. The number of rotatable bonds is 2. The molecular formula is C15H17N5S. The summed E-state index contributed by atoms with van der Waals surface area (Å²) >= 11 is 1.69. The van der Waals surface area contributed by atoms with Crippen LogP contribution in [0.15, 0.2) is 29.8 Å². The second kappa shape index (κ2) is 5.13. The molecule has 0 radical (unpaired) electrons. The highest BCUT2D eigenvalue weighted by molar-refractivity contribution is 7.14. The summed E-state index contributed by atoms with van der Waals surface area (Å²) in [6.07, 6.45) is 0. The quantitative estimate of drug-likeness (QED) is 0.763. The predicted molar refractivity (Wildman–Crippen MR) is 86.9 cm³/mol. The van der Waals surface area contributed by atoms with Crippen molar-refractivity contribution in [2.45, 2.75) is 13.0 Å². The van der Waals surface area contributed by atoms with Crippen LogP contribution in [0, 0.1) is 0 Å². The maximum absolute atomic E-state index is 4.68. The highest BCUT2D eigenvalue weighted by atomic mass is 32.1. The van der Waals surface area contributed by atoms with Crippen molar-refractivity contribution >= 4 is 27.4 Å². The zero-order valence-corrected chi connectivity index (χ0v) is 12.7. The molecule has 1 fully saturated rings. The van der Waals surface area contributed by atoms with Gasteiger partial charge < -0.3 is 15.2 Å². The minimum Gasteiger partial charge on any atom is -0.359 e. The predicted octanol–water partition coefficient (Wildman–Crippen LogP) is 2.48. The van der Waals surface area contributed by atoms with E-state index in [0.717, 1.165) is 42.2 Å². The number of imidazole rings is 1. The number of hydrogen-bond acceptors (Lipinski definition) is 5. The van der Waals surface area contributed by atoms with E-state index in [0.29, 0.717) is 6.04 Å². The highest BCUT2D eigenvalue weighted by Crippen LogP contribution is 2.33. The number of nitrogens with zero attached hydrogens (tertiary/aromatic N) is 3. The van der Waals surface area contributed by atoms with Gasteiger partial charge in [-0.2, -0.15) is 0 Å². The zero-order chi connectivity index (χ0) is 14.2. The monoisotopic (exact) mass is 299 g/mol. The molecule has 21 heavy (non-hydrogen) atoms. The van der Waals surface area contributed by atoms with E-state index in [4.69, 9.17) is 0 Å². The molecule has 6 heteroatoms. The third-order valence-corrected chi connectivity index (χ3v) is 4.70. The first kappa shape index (κ1) is 12.8. The van der Waals surface area contributed by atoms with E-state index in [-0.39, 0.29) is 0 Å². The van der Waals surface area contributed by atoms with Crippen LogP contribution in [0.25, 0.3) is 22.6 Å². The first-order valence-electron chi connectivity index (χ1n) is 7.18. The van der Waals surface area contributed by atoms with Crippen molar-refractivity contribution in [2.75, 3.05) is 24.5 Å². The number of anilines is 1. The van der Waals surface area contributed by atoms with Gasteiger partial charge in [0.25, 0.3) is 0 Å². The Morgan fingerprint density at radius 3 is 3.10 bits per heavy atom. The smallest absolute Gasteiger partial charge is 0.160 e. The number of para-hydroxylation sites is 2. The number of H-pyrrole nitrogens is 1. The van der Waals surface area contributed by atoms with E-state index in [1.807, 2.05) is 29.8 Å². The van der Waals surface area contributed by atoms with Gasteiger partial charge in [-0.15, -0.1) is 11.3 Å². The number of nitrogens with one attached hydrogen (secondary N) is 2. The Balaban J connectivity index is 1.74. The number of piperazine rings is 1. The summed E-state index contributed by atoms with van der Waals surface area (Å²) in [5, 5.41) is 4.68. The van der Waals surface area contributed by atoms with Gasteiger partial charge in [0.1, 0.15) is 10.7 Å². The number of benzene rings is 1. The molecule has 5 nitrogen and oxygen atoms in total. The van der Waals surface area contributed by atoms with Crippen molar-refractivity contribution in [3.63, 3.8) is 0 Å². The third kappa shape index (κ3) is 2.30. The van der Waals surface area contributed by atoms with Crippen LogP contribution in [-0.2, 0) is 0 Å². The molecule has 1 aliphatic rings. The van der Waals surface area contributed by atoms with E-state index >= 15 is 0 Å². The molecule has 1 atom stereocenters. The summed E-state index contributed by atoms with van der Waals surface area (Å²) in [5.41, 5.74) is 4.91. The lowest BCUT2D eigenvalue weighted by atomic mass is 10.2. The summed E-state index contributed by atoms with van der Waals surface area (Å²) in [4.78, 5) is 15.0. The maximum Gasteiger partial charge on any atom is 0.160 e. The molecule has 2 aromatic heterocycles. The number of fused-ring (bicyclic) bond motifs is 1. The fourth-order valence-corrected chi connectivity index (χ4v) is 3.64. The molecule has 3 heterocycles. The van der Waals surface area contributed by atoms with Crippen molar-refractivity contribution in [1.29, 1.82) is 0 Å². The second-order valence-corrected chi connectivity index (χ2v) is 6.24. The number of thiazole rings is 1. The Hall–Kier alpha value is -1.92. The van der Waals surface area contributed by atoms with E-state index in [9.17, 15) is 0 Å². The summed E-state index contributed by atoms with van der Waals surface area (Å²) in [6.45, 7) is 5.25. The molecule has 1 aliphatic heterocycles. The van der Waals surface area contributed by atoms with Crippen molar-refractivity contribution in [3.05, 3.63) is 29.8 Å². The zero-order valence-electron chi connectivity index (χ0n) is 11.8. The van der Waals surface area contributed by atoms with Crippen LogP contribution in [0.3, 0.4) is 0 Å². The van der Waals surface area contributed by atoms with Gasteiger partial charge in [0.2, 0.25) is 0 Å². The van der Waals surface area contributed by atoms with Crippen LogP contribution >= 0.6 is 11.3 Å². The SMILES string of the molecule is C[C@@H]1CN(c2scnc2-c2nc3ccccc3[nH]2)CCN1. The fraction of sp³-hybridized carbons (Fsp3) is 0.333. The fourth-order valence-electron chi connectivity index (χ4n) is 2.81. The Kier molecular flexibility index (Phi) is 3.12. The second-order valence-electron chi connectivity index (χ2n) is 5.41. The van der Waals surface area contributed by atoms with Gasteiger partial charge in [-0.1, -0.05) is 12.1 Å². The van der Waals surface area contributed by atoms with E-state index in [1.165, 1.54) is 5.00 Å². The lowest BCUT2D eigenvalue weighted by Gasteiger charge is -2.32. The molecule has 2 N–H and O–H groups in total. The van der Waals surface area contributed by atoms with Crippen LogP contribution in [0.4, 0.5) is 5.00 Å². The van der Waals surface area contributed by atoms with Crippen molar-refractivity contribution in [2.24, 2.45) is 0 Å². The number of hydrogen-bond donors (Lipinski definition) is 2. The normalized spacial score (nSPS) is 19.3. The molecule has 0 aliphatic carbocycles. The van der Waals surface area contributed by atoms with Gasteiger partial charge >= 0.3 is 0 Å². The molecular weight excluding hydrogens is 282 g/mol. The van der Waals surface area contributed by atoms with E-state index < -0.39 is 0 Å². The largest absolute Gasteiger partial charge is 0.359 e. The van der Waals surface area contributed by atoms with E-state index in [1.54, 1.807) is 11.3 Å². The van der Waals surface area contributed by atoms with Crippen molar-refractivity contribution < 1.29 is 0 Å². The van der Waals surface area contributed by atoms with Crippen molar-refractivity contribution in [3.8, 4) is 11.5 Å². The van der Waals surface area contributed by atoms with Gasteiger partial charge in [-0.3, -0.25) is 0 Å². The lowest BCUT2D eigenvalue weighted by molar-refractivity contribution is 0.486. The van der Waals surface area contributed by atoms with Crippen LogP contribution < -0.4 is 10.2 Å². The van der Waals surface area contributed by atoms with E-state index in [2.05, 4.69) is 32.1 Å². The molecule has 0 saturated carbocycles. The van der Waals surface area contributed by atoms with Crippen LogP contribution in [0.1, 0.15) is 6.92 Å². The first-order valence-corrected chi connectivity index (χ1v) is 8.06. The molecule has 4 rings (SSSR count). The standard InChI is InChI=1S/C15H17N5S/c1-10-8-20(7-6-16-10)15-13(17-9-21-15)14-18-11-4-2-3-5-12(11)19-14/h2-5,9-10,16H,6-8H2,1H3,(H,18,19)/t10-/m1/s1. The molecule has 108 valence electrons. The Morgan fingerprint density at radius 2 is 2.24 bits per heavy atom. The summed E-state index contributed by atoms with van der Waals surface area (Å²) < 4.78 is 0. The van der Waals surface area contributed by atoms with Gasteiger partial charge in [-0.05, 0) is 19.1 Å². The molecule has 0 unspecified atom stereocenters. The Morgan fingerprint density at radius 1 is 1.33 bits per heavy atom. The molecule has 0 spiro atoms. The average molecular weight is 299 g/mol. The van der Waals surface area contributed by atoms with Gasteiger partial charge in [0, 0.05) is 25.7 Å². The van der Waals surface area contributed by atoms with Gasteiger partial charge in [0.15, 0.2) is 5.82 Å². The van der Waals surface area contributed by atoms with Crippen molar-refractivity contribution in [1.82, 2.24) is 20.3 Å². The number of aromatic nitrogens is 3. The Bertz CT molecular complexity index is 729. The molecule has 1 aromatic carbocycles. The molecule has 0 amide bonds. The van der Waals surface area contributed by atoms with Gasteiger partial charge in [0.05, 0.1) is 16.5 Å². The highest BCUT2D eigenvalue weighted by Gasteiger charge is 2.22. The van der Waals surface area contributed by atoms with Crippen LogP contribution in [0.5, 0.6) is 0 Å². The number of aromatic amines is 1. The van der Waals surface area contributed by atoms with Crippen LogP contribution in [0.2, 0.25) is 0 Å². The first-order chi connectivity index (χ1) is 10.3. The average Bonchev–Trinajstić information content (AvgIpc) is 3.13. The maximum atomic E-state index is 4.68. The molecule has 0 bridgehead atoms. The Labute approximate surface area is 127 Å². The topological polar surface area (TPSA) is 56.8 Å². The van der Waals surface area contributed by atoms with Crippen LogP contribution in [-0.4, -0.2) is 40.6 Å². The summed E-state index contributed by atoms with van der Waals surface area (Å²) in [6, 6.07) is 8.60. The lowest BCUT2D eigenvalue weighted by Crippen LogP contribution is -2.49. The molecule has 3 aromatic rings.